The van der Waals surface area contributed by atoms with Crippen LogP contribution in [0.4, 0.5) is 5.69 Å². The average molecular weight is 150 g/mol. The second-order valence-corrected chi connectivity index (χ2v) is 2.63. The molecule has 0 saturated heterocycles. The molecule has 1 aromatic carbocycles. The average Bonchev–Trinajstić information content (AvgIpc) is 2.04. The lowest BCUT2D eigenvalue weighted by molar-refractivity contribution is 0.833. The number of rotatable bonds is 3. The molecule has 1 rings (SSSR count). The first kappa shape index (κ1) is 8.08. The molecule has 4 N–H and O–H groups in total. The minimum atomic E-state index is 0.754. The normalized spacial score (nSPS) is 9.91. The van der Waals surface area contributed by atoms with Crippen LogP contribution in [0.2, 0.25) is 0 Å². The molecule has 0 aliphatic heterocycles. The molecule has 0 atom stereocenters. The second kappa shape index (κ2) is 3.98. The highest BCUT2D eigenvalue weighted by molar-refractivity contribution is 5.39. The fourth-order valence-corrected chi connectivity index (χ4v) is 0.990. The monoisotopic (exact) mass is 150 g/mol. The largest absolute Gasteiger partial charge is 0.399 e. The number of hydrogen-bond acceptors (Lipinski definition) is 2. The fraction of sp³-hybridized carbons (Fsp3) is 0.333. The lowest BCUT2D eigenvalue weighted by atomic mass is 10.1. The van der Waals surface area contributed by atoms with Crippen molar-refractivity contribution in [2.24, 2.45) is 5.73 Å². The number of nitrogens with two attached hydrogens (primary N) is 2. The molecule has 1 aromatic rings. The maximum atomic E-state index is 5.53. The van der Waals surface area contributed by atoms with Crippen LogP contribution in [0.25, 0.3) is 0 Å². The highest BCUT2D eigenvalue weighted by Crippen LogP contribution is 2.06. The first-order valence-corrected chi connectivity index (χ1v) is 3.87. The Morgan fingerprint density at radius 2 is 1.73 bits per heavy atom. The van der Waals surface area contributed by atoms with Gasteiger partial charge in [0.25, 0.3) is 0 Å². The Kier molecular flexibility index (Phi) is 2.93. The fourth-order valence-electron chi connectivity index (χ4n) is 0.990. The van der Waals surface area contributed by atoms with Crippen LogP contribution in [-0.2, 0) is 6.42 Å². The molecule has 2 heteroatoms. The standard InChI is InChI=1S/C9H14N2/c10-7-1-2-8-3-5-9(11)6-4-8/h3-6H,1-2,7,10-11H2. The molecule has 0 unspecified atom stereocenters. The third-order valence-corrected chi connectivity index (χ3v) is 1.65. The molecule has 0 heterocycles. The predicted molar refractivity (Wildman–Crippen MR) is 48.2 cm³/mol. The first-order valence-electron chi connectivity index (χ1n) is 3.87. The molecule has 0 aromatic heterocycles. The summed E-state index contributed by atoms with van der Waals surface area (Å²) in [5.74, 6) is 0. The van der Waals surface area contributed by atoms with E-state index in [1.165, 1.54) is 5.56 Å². The van der Waals surface area contributed by atoms with E-state index in [0.717, 1.165) is 25.1 Å². The third-order valence-electron chi connectivity index (χ3n) is 1.65. The van der Waals surface area contributed by atoms with E-state index in [1.54, 1.807) is 0 Å². The zero-order valence-corrected chi connectivity index (χ0v) is 6.59. The quantitative estimate of drug-likeness (QED) is 0.635. The summed E-state index contributed by atoms with van der Waals surface area (Å²) in [6.07, 6.45) is 2.10. The van der Waals surface area contributed by atoms with Gasteiger partial charge in [0.1, 0.15) is 0 Å². The summed E-state index contributed by atoms with van der Waals surface area (Å²) in [5.41, 5.74) is 13.0. The van der Waals surface area contributed by atoms with E-state index in [-0.39, 0.29) is 0 Å². The Labute approximate surface area is 67.2 Å². The van der Waals surface area contributed by atoms with Gasteiger partial charge in [-0.1, -0.05) is 12.1 Å². The van der Waals surface area contributed by atoms with Crippen LogP contribution in [-0.4, -0.2) is 6.54 Å². The molecule has 0 saturated carbocycles. The zero-order chi connectivity index (χ0) is 8.10. The molecule has 0 spiro atoms. The van der Waals surface area contributed by atoms with E-state index >= 15 is 0 Å². The number of hydrogen-bond donors (Lipinski definition) is 2. The van der Waals surface area contributed by atoms with Gasteiger partial charge in [0.05, 0.1) is 0 Å². The van der Waals surface area contributed by atoms with Crippen molar-refractivity contribution in [3.8, 4) is 0 Å². The van der Waals surface area contributed by atoms with E-state index in [4.69, 9.17) is 11.5 Å². The molecule has 2 nitrogen and oxygen atoms in total. The van der Waals surface area contributed by atoms with Gasteiger partial charge in [0.15, 0.2) is 0 Å². The lowest BCUT2D eigenvalue weighted by Crippen LogP contribution is -2.00. The number of aryl methyl sites for hydroxylation is 1. The van der Waals surface area contributed by atoms with Crippen molar-refractivity contribution < 1.29 is 0 Å². The van der Waals surface area contributed by atoms with Gasteiger partial charge in [-0.15, -0.1) is 0 Å². The highest BCUT2D eigenvalue weighted by atomic mass is 14.5. The van der Waals surface area contributed by atoms with Crippen molar-refractivity contribution in [1.82, 2.24) is 0 Å². The maximum absolute atomic E-state index is 5.53. The summed E-state index contributed by atoms with van der Waals surface area (Å²) in [6.45, 7) is 0.754. The number of nitrogen functional groups attached to an aromatic ring is 1. The van der Waals surface area contributed by atoms with Gasteiger partial charge >= 0.3 is 0 Å². The maximum Gasteiger partial charge on any atom is 0.0314 e. The van der Waals surface area contributed by atoms with Crippen LogP contribution >= 0.6 is 0 Å². The van der Waals surface area contributed by atoms with Gasteiger partial charge in [-0.3, -0.25) is 0 Å². The molecule has 0 fully saturated rings. The lowest BCUT2D eigenvalue weighted by Gasteiger charge is -1.99. The van der Waals surface area contributed by atoms with Gasteiger partial charge in [0.2, 0.25) is 0 Å². The van der Waals surface area contributed by atoms with Crippen LogP contribution in [0, 0.1) is 0 Å². The van der Waals surface area contributed by atoms with Crippen molar-refractivity contribution in [2.75, 3.05) is 12.3 Å². The summed E-state index contributed by atoms with van der Waals surface area (Å²) in [7, 11) is 0. The number of anilines is 1. The van der Waals surface area contributed by atoms with Crippen LogP contribution in [0.3, 0.4) is 0 Å². The van der Waals surface area contributed by atoms with E-state index in [9.17, 15) is 0 Å². The molecular formula is C9H14N2. The van der Waals surface area contributed by atoms with Crippen LogP contribution < -0.4 is 11.5 Å². The molecule has 0 aliphatic carbocycles. The van der Waals surface area contributed by atoms with Crippen LogP contribution in [0.15, 0.2) is 24.3 Å². The Morgan fingerprint density at radius 1 is 1.09 bits per heavy atom. The van der Waals surface area contributed by atoms with Crippen LogP contribution in [0.1, 0.15) is 12.0 Å². The molecule has 0 aliphatic rings. The van der Waals surface area contributed by atoms with Gasteiger partial charge in [0, 0.05) is 5.69 Å². The molecule has 0 bridgehead atoms. The smallest absolute Gasteiger partial charge is 0.0314 e. The van der Waals surface area contributed by atoms with E-state index in [1.807, 2.05) is 24.3 Å². The first-order chi connectivity index (χ1) is 5.33. The second-order valence-electron chi connectivity index (χ2n) is 2.63. The Bertz CT molecular complexity index is 203. The minimum Gasteiger partial charge on any atom is -0.399 e. The van der Waals surface area contributed by atoms with E-state index < -0.39 is 0 Å². The van der Waals surface area contributed by atoms with Crippen molar-refractivity contribution in [2.45, 2.75) is 12.8 Å². The van der Waals surface area contributed by atoms with Gasteiger partial charge in [-0.25, -0.2) is 0 Å². The summed E-state index contributed by atoms with van der Waals surface area (Å²) < 4.78 is 0. The Hall–Kier alpha value is -1.02. The van der Waals surface area contributed by atoms with Crippen molar-refractivity contribution in [3.05, 3.63) is 29.8 Å². The summed E-state index contributed by atoms with van der Waals surface area (Å²) >= 11 is 0. The Morgan fingerprint density at radius 3 is 2.27 bits per heavy atom. The molecule has 0 radical (unpaired) electrons. The molecular weight excluding hydrogens is 136 g/mol. The predicted octanol–water partition coefficient (Wildman–Crippen LogP) is 1.16. The minimum absolute atomic E-state index is 0.754. The molecule has 60 valence electrons. The van der Waals surface area contributed by atoms with E-state index in [2.05, 4.69) is 0 Å². The van der Waals surface area contributed by atoms with Gasteiger partial charge < -0.3 is 11.5 Å². The highest BCUT2D eigenvalue weighted by Gasteiger charge is 1.90. The molecule has 0 amide bonds. The van der Waals surface area contributed by atoms with Gasteiger partial charge in [-0.05, 0) is 37.1 Å². The van der Waals surface area contributed by atoms with E-state index in [0.29, 0.717) is 0 Å². The third kappa shape index (κ3) is 2.60. The Balaban J connectivity index is 2.52. The SMILES string of the molecule is NCCCc1ccc(N)cc1. The summed E-state index contributed by atoms with van der Waals surface area (Å²) in [6, 6.07) is 7.94. The summed E-state index contributed by atoms with van der Waals surface area (Å²) in [5, 5.41) is 0. The van der Waals surface area contributed by atoms with Gasteiger partial charge in [-0.2, -0.15) is 0 Å². The topological polar surface area (TPSA) is 52.0 Å². The zero-order valence-electron chi connectivity index (χ0n) is 6.59. The van der Waals surface area contributed by atoms with Crippen molar-refractivity contribution in [1.29, 1.82) is 0 Å². The van der Waals surface area contributed by atoms with Crippen molar-refractivity contribution >= 4 is 5.69 Å². The van der Waals surface area contributed by atoms with Crippen LogP contribution in [0.5, 0.6) is 0 Å². The number of benzene rings is 1. The molecule has 11 heavy (non-hydrogen) atoms. The van der Waals surface area contributed by atoms with Crippen molar-refractivity contribution in [3.63, 3.8) is 0 Å². The summed E-state index contributed by atoms with van der Waals surface area (Å²) in [4.78, 5) is 0.